The highest BCUT2D eigenvalue weighted by atomic mass is 35.5. The van der Waals surface area contributed by atoms with E-state index in [0.717, 1.165) is 30.7 Å². The zero-order chi connectivity index (χ0) is 13.9. The molecule has 0 spiro atoms. The van der Waals surface area contributed by atoms with Crippen molar-refractivity contribution in [1.29, 1.82) is 0 Å². The Kier molecular flexibility index (Phi) is 4.88. The van der Waals surface area contributed by atoms with Crippen molar-refractivity contribution in [3.63, 3.8) is 0 Å². The lowest BCUT2D eigenvalue weighted by molar-refractivity contribution is 0.687. The summed E-state index contributed by atoms with van der Waals surface area (Å²) >= 11 is 11.2. The minimum absolute atomic E-state index is 0.700. The highest BCUT2D eigenvalue weighted by molar-refractivity contribution is 8.03. The molecule has 0 saturated heterocycles. The van der Waals surface area contributed by atoms with Crippen molar-refractivity contribution in [2.24, 2.45) is 0 Å². The Hall–Kier alpha value is -0.270. The van der Waals surface area contributed by atoms with E-state index in [0.29, 0.717) is 6.04 Å². The van der Waals surface area contributed by atoms with Gasteiger partial charge >= 0.3 is 0 Å². The summed E-state index contributed by atoms with van der Waals surface area (Å²) in [6, 6.07) is 6.90. The SMILES string of the molecule is CSc1nnc(Sc2ccc(CNC3CC3)c(Cl)c2)s1. The smallest absolute Gasteiger partial charge is 0.179 e. The third-order valence-electron chi connectivity index (χ3n) is 2.95. The molecular formula is C13H14ClN3S3. The van der Waals surface area contributed by atoms with Gasteiger partial charge in [-0.1, -0.05) is 52.5 Å². The van der Waals surface area contributed by atoms with E-state index in [1.807, 2.05) is 12.3 Å². The Bertz CT molecular complexity index is 598. The van der Waals surface area contributed by atoms with Gasteiger partial charge in [-0.3, -0.25) is 0 Å². The van der Waals surface area contributed by atoms with Crippen LogP contribution in [0.25, 0.3) is 0 Å². The fourth-order valence-corrected chi connectivity index (χ4v) is 4.46. The normalized spacial score (nSPS) is 14.7. The van der Waals surface area contributed by atoms with E-state index in [2.05, 4.69) is 27.6 Å². The van der Waals surface area contributed by atoms with Crippen molar-refractivity contribution in [2.45, 2.75) is 39.0 Å². The second-order valence-electron chi connectivity index (χ2n) is 4.55. The van der Waals surface area contributed by atoms with Crippen LogP contribution in [0.3, 0.4) is 0 Å². The summed E-state index contributed by atoms with van der Waals surface area (Å²) < 4.78 is 1.94. The zero-order valence-electron chi connectivity index (χ0n) is 10.9. The topological polar surface area (TPSA) is 37.8 Å². The molecule has 1 aromatic carbocycles. The van der Waals surface area contributed by atoms with Crippen molar-refractivity contribution >= 4 is 46.5 Å². The molecule has 0 bridgehead atoms. The van der Waals surface area contributed by atoms with Crippen LogP contribution in [0.15, 0.2) is 31.8 Å². The summed E-state index contributed by atoms with van der Waals surface area (Å²) in [5.74, 6) is 0. The first kappa shape index (κ1) is 14.7. The van der Waals surface area contributed by atoms with Crippen molar-refractivity contribution in [1.82, 2.24) is 15.5 Å². The van der Waals surface area contributed by atoms with Gasteiger partial charge in [0, 0.05) is 22.5 Å². The van der Waals surface area contributed by atoms with E-state index in [9.17, 15) is 0 Å². The molecule has 0 radical (unpaired) electrons. The minimum atomic E-state index is 0.700. The second-order valence-corrected chi connectivity index (χ2v) is 8.31. The molecule has 106 valence electrons. The summed E-state index contributed by atoms with van der Waals surface area (Å²) in [5, 5.41) is 12.5. The first-order valence-corrected chi connectivity index (χ1v) is 9.55. The van der Waals surface area contributed by atoms with Gasteiger partial charge in [0.15, 0.2) is 8.68 Å². The molecule has 20 heavy (non-hydrogen) atoms. The molecule has 3 nitrogen and oxygen atoms in total. The van der Waals surface area contributed by atoms with E-state index in [1.54, 1.807) is 34.9 Å². The molecule has 3 rings (SSSR count). The van der Waals surface area contributed by atoms with Gasteiger partial charge in [0.25, 0.3) is 0 Å². The van der Waals surface area contributed by atoms with Gasteiger partial charge in [0.05, 0.1) is 0 Å². The van der Waals surface area contributed by atoms with Crippen molar-refractivity contribution in [2.75, 3.05) is 6.26 Å². The van der Waals surface area contributed by atoms with Crippen LogP contribution >= 0.6 is 46.5 Å². The van der Waals surface area contributed by atoms with Crippen LogP contribution in [0, 0.1) is 0 Å². The van der Waals surface area contributed by atoms with E-state index in [-0.39, 0.29) is 0 Å². The maximum atomic E-state index is 6.34. The molecule has 1 aromatic heterocycles. The van der Waals surface area contributed by atoms with Gasteiger partial charge in [-0.2, -0.15) is 0 Å². The number of aromatic nitrogens is 2. The fourth-order valence-electron chi connectivity index (χ4n) is 1.70. The largest absolute Gasteiger partial charge is 0.310 e. The van der Waals surface area contributed by atoms with Gasteiger partial charge in [-0.15, -0.1) is 10.2 Å². The van der Waals surface area contributed by atoms with E-state index in [1.165, 1.54) is 12.8 Å². The van der Waals surface area contributed by atoms with E-state index in [4.69, 9.17) is 11.6 Å². The average Bonchev–Trinajstić information content (AvgIpc) is 3.16. The summed E-state index contributed by atoms with van der Waals surface area (Å²) in [7, 11) is 0. The molecular weight excluding hydrogens is 330 g/mol. The Morgan fingerprint density at radius 1 is 1.35 bits per heavy atom. The summed E-state index contributed by atoms with van der Waals surface area (Å²) in [6.07, 6.45) is 4.59. The Balaban J connectivity index is 1.65. The van der Waals surface area contributed by atoms with Crippen LogP contribution in [0.1, 0.15) is 18.4 Å². The lowest BCUT2D eigenvalue weighted by Crippen LogP contribution is -2.15. The fraction of sp³-hybridized carbons (Fsp3) is 0.385. The first-order chi connectivity index (χ1) is 9.74. The first-order valence-electron chi connectivity index (χ1n) is 6.32. The van der Waals surface area contributed by atoms with Crippen LogP contribution in [-0.2, 0) is 6.54 Å². The number of thioether (sulfide) groups is 1. The maximum absolute atomic E-state index is 6.34. The van der Waals surface area contributed by atoms with Crippen molar-refractivity contribution in [3.05, 3.63) is 28.8 Å². The lowest BCUT2D eigenvalue weighted by Gasteiger charge is -2.07. The second kappa shape index (κ2) is 6.66. The Morgan fingerprint density at radius 3 is 2.80 bits per heavy atom. The van der Waals surface area contributed by atoms with Crippen LogP contribution in [-0.4, -0.2) is 22.5 Å². The standard InChI is InChI=1S/C13H14ClN3S3/c1-18-12-16-17-13(20-12)19-10-5-2-8(11(14)6-10)7-15-9-3-4-9/h2,5-6,9,15H,3-4,7H2,1H3. The number of hydrogen-bond acceptors (Lipinski definition) is 6. The molecule has 1 fully saturated rings. The molecule has 0 amide bonds. The maximum Gasteiger partial charge on any atom is 0.179 e. The van der Waals surface area contributed by atoms with Crippen LogP contribution in [0.5, 0.6) is 0 Å². The van der Waals surface area contributed by atoms with Crippen LogP contribution in [0.2, 0.25) is 5.02 Å². The minimum Gasteiger partial charge on any atom is -0.310 e. The number of hydrogen-bond donors (Lipinski definition) is 1. The third kappa shape index (κ3) is 3.89. The predicted molar refractivity (Wildman–Crippen MR) is 87.1 cm³/mol. The molecule has 0 aliphatic heterocycles. The highest BCUT2D eigenvalue weighted by Crippen LogP contribution is 2.34. The highest BCUT2D eigenvalue weighted by Gasteiger charge is 2.20. The Morgan fingerprint density at radius 2 is 2.15 bits per heavy atom. The molecule has 0 unspecified atom stereocenters. The molecule has 0 atom stereocenters. The number of benzene rings is 1. The molecule has 1 aliphatic rings. The Labute approximate surface area is 135 Å². The third-order valence-corrected chi connectivity index (χ3v) is 6.24. The monoisotopic (exact) mass is 343 g/mol. The van der Waals surface area contributed by atoms with Crippen molar-refractivity contribution in [3.8, 4) is 0 Å². The summed E-state index contributed by atoms with van der Waals surface area (Å²) in [6.45, 7) is 0.851. The lowest BCUT2D eigenvalue weighted by atomic mass is 10.2. The van der Waals surface area contributed by atoms with E-state index < -0.39 is 0 Å². The van der Waals surface area contributed by atoms with Crippen LogP contribution in [0.4, 0.5) is 0 Å². The average molecular weight is 344 g/mol. The molecule has 1 heterocycles. The van der Waals surface area contributed by atoms with Crippen molar-refractivity contribution < 1.29 is 0 Å². The summed E-state index contributed by atoms with van der Waals surface area (Å²) in [5.41, 5.74) is 1.16. The van der Waals surface area contributed by atoms with Gasteiger partial charge < -0.3 is 5.32 Å². The van der Waals surface area contributed by atoms with E-state index >= 15 is 0 Å². The quantitative estimate of drug-likeness (QED) is 0.791. The van der Waals surface area contributed by atoms with Gasteiger partial charge in [-0.05, 0) is 36.8 Å². The summed E-state index contributed by atoms with van der Waals surface area (Å²) in [4.78, 5) is 1.11. The number of halogens is 1. The van der Waals surface area contributed by atoms with Gasteiger partial charge in [0.2, 0.25) is 0 Å². The van der Waals surface area contributed by atoms with Crippen LogP contribution < -0.4 is 5.32 Å². The molecule has 2 aromatic rings. The molecule has 1 saturated carbocycles. The molecule has 7 heteroatoms. The zero-order valence-corrected chi connectivity index (χ0v) is 14.1. The predicted octanol–water partition coefficient (Wildman–Crippen LogP) is 4.32. The molecule has 1 N–H and O–H groups in total. The number of nitrogens with one attached hydrogen (secondary N) is 1. The number of nitrogens with zero attached hydrogens (tertiary/aromatic N) is 2. The van der Waals surface area contributed by atoms with Gasteiger partial charge in [0.1, 0.15) is 0 Å². The van der Waals surface area contributed by atoms with Gasteiger partial charge in [-0.25, -0.2) is 0 Å². The number of rotatable bonds is 6. The molecule has 1 aliphatic carbocycles.